The number of carbonyl (C=O) groups is 1. The maximum Gasteiger partial charge on any atom is 0.259 e. The van der Waals surface area contributed by atoms with E-state index >= 15 is 0 Å². The molecule has 0 aromatic carbocycles. The Labute approximate surface area is 112 Å². The van der Waals surface area contributed by atoms with Gasteiger partial charge in [0.2, 0.25) is 0 Å². The quantitative estimate of drug-likeness (QED) is 0.575. The Kier molecular flexibility index (Phi) is 6.30. The molecule has 0 aliphatic heterocycles. The lowest BCUT2D eigenvalue weighted by Gasteiger charge is -2.19. The summed E-state index contributed by atoms with van der Waals surface area (Å²) in [5.41, 5.74) is 0.671. The summed E-state index contributed by atoms with van der Waals surface area (Å²) in [6.45, 7) is 3.91. The van der Waals surface area contributed by atoms with Gasteiger partial charge in [-0.15, -0.1) is 23.2 Å². The Morgan fingerprint density at radius 1 is 1.35 bits per heavy atom. The zero-order valence-electron chi connectivity index (χ0n) is 9.90. The van der Waals surface area contributed by atoms with E-state index in [1.165, 1.54) is 0 Å². The third-order valence-electron chi connectivity index (χ3n) is 2.47. The van der Waals surface area contributed by atoms with Gasteiger partial charge in [0.05, 0.1) is 0 Å². The van der Waals surface area contributed by atoms with E-state index in [1.807, 2.05) is 36.0 Å². The third kappa shape index (κ3) is 4.17. The number of aromatic nitrogens is 1. The molecule has 0 aliphatic carbocycles. The number of rotatable bonds is 6. The van der Waals surface area contributed by atoms with Crippen LogP contribution in [0.15, 0.2) is 24.5 Å². The summed E-state index contributed by atoms with van der Waals surface area (Å²) >= 11 is 11.4. The predicted molar refractivity (Wildman–Crippen MR) is 69.7 cm³/mol. The van der Waals surface area contributed by atoms with Gasteiger partial charge in [-0.1, -0.05) is 0 Å². The normalized spacial score (nSPS) is 10.3. The van der Waals surface area contributed by atoms with Crippen molar-refractivity contribution in [3.63, 3.8) is 0 Å². The summed E-state index contributed by atoms with van der Waals surface area (Å²) in [7, 11) is 0. The SMILES string of the molecule is CC[n+]1cccc(C(=O)N(CCCl)CCCl)c1. The second-order valence-corrected chi connectivity index (χ2v) is 4.35. The molecule has 0 fully saturated rings. The van der Waals surface area contributed by atoms with Crippen LogP contribution in [0.5, 0.6) is 0 Å². The molecule has 0 N–H and O–H groups in total. The maximum atomic E-state index is 12.2. The molecule has 17 heavy (non-hydrogen) atoms. The number of hydrogen-bond acceptors (Lipinski definition) is 1. The van der Waals surface area contributed by atoms with Crippen LogP contribution in [0, 0.1) is 0 Å². The van der Waals surface area contributed by atoms with Crippen LogP contribution < -0.4 is 4.57 Å². The summed E-state index contributed by atoms with van der Waals surface area (Å²) in [6.07, 6.45) is 3.78. The highest BCUT2D eigenvalue weighted by Crippen LogP contribution is 2.03. The lowest BCUT2D eigenvalue weighted by Crippen LogP contribution is -2.37. The smallest absolute Gasteiger partial charge is 0.259 e. The van der Waals surface area contributed by atoms with Gasteiger partial charge in [-0.3, -0.25) is 4.79 Å². The van der Waals surface area contributed by atoms with Gasteiger partial charge >= 0.3 is 0 Å². The van der Waals surface area contributed by atoms with Gasteiger partial charge in [0.1, 0.15) is 12.1 Å². The molecule has 94 valence electrons. The van der Waals surface area contributed by atoms with E-state index in [-0.39, 0.29) is 5.91 Å². The molecule has 3 nitrogen and oxygen atoms in total. The highest BCUT2D eigenvalue weighted by molar-refractivity contribution is 6.18. The van der Waals surface area contributed by atoms with E-state index < -0.39 is 0 Å². The largest absolute Gasteiger partial charge is 0.336 e. The molecule has 1 heterocycles. The number of hydrogen-bond donors (Lipinski definition) is 0. The Hall–Kier alpha value is -0.800. The van der Waals surface area contributed by atoms with E-state index in [2.05, 4.69) is 0 Å². The van der Waals surface area contributed by atoms with E-state index in [0.717, 1.165) is 6.54 Å². The van der Waals surface area contributed by atoms with Gasteiger partial charge in [-0.05, 0) is 13.0 Å². The van der Waals surface area contributed by atoms with Crippen molar-refractivity contribution in [2.75, 3.05) is 24.8 Å². The monoisotopic (exact) mass is 275 g/mol. The van der Waals surface area contributed by atoms with Crippen LogP contribution in [0.25, 0.3) is 0 Å². The topological polar surface area (TPSA) is 24.2 Å². The van der Waals surface area contributed by atoms with Crippen LogP contribution in [0.4, 0.5) is 0 Å². The number of aryl methyl sites for hydroxylation is 1. The molecule has 0 saturated carbocycles. The van der Waals surface area contributed by atoms with Crippen molar-refractivity contribution in [2.45, 2.75) is 13.5 Å². The third-order valence-corrected chi connectivity index (χ3v) is 2.80. The average molecular weight is 276 g/mol. The van der Waals surface area contributed by atoms with Crippen molar-refractivity contribution in [3.05, 3.63) is 30.1 Å². The zero-order chi connectivity index (χ0) is 12.7. The predicted octanol–water partition coefficient (Wildman–Crippen LogP) is 1.91. The molecular formula is C12H17Cl2N2O+. The Morgan fingerprint density at radius 2 is 2.00 bits per heavy atom. The fourth-order valence-electron chi connectivity index (χ4n) is 1.55. The standard InChI is InChI=1S/C12H17Cl2N2O/c1-2-15-7-3-4-11(10-15)12(17)16(8-5-13)9-6-14/h3-4,7,10H,2,5-6,8-9H2,1H3/q+1. The van der Waals surface area contributed by atoms with Gasteiger partial charge in [0.25, 0.3) is 5.91 Å². The molecule has 0 aliphatic rings. The molecular weight excluding hydrogens is 259 g/mol. The molecule has 1 amide bonds. The fourth-order valence-corrected chi connectivity index (χ4v) is 1.95. The number of halogens is 2. The summed E-state index contributed by atoms with van der Waals surface area (Å²) < 4.78 is 1.97. The number of pyridine rings is 1. The van der Waals surface area contributed by atoms with Crippen LogP contribution in [-0.4, -0.2) is 35.7 Å². The van der Waals surface area contributed by atoms with E-state index in [9.17, 15) is 4.79 Å². The van der Waals surface area contributed by atoms with Crippen LogP contribution in [0.1, 0.15) is 17.3 Å². The Balaban J connectivity index is 2.84. The average Bonchev–Trinajstić information content (AvgIpc) is 2.38. The van der Waals surface area contributed by atoms with Crippen molar-refractivity contribution in [2.24, 2.45) is 0 Å². The first-order valence-electron chi connectivity index (χ1n) is 5.63. The highest BCUT2D eigenvalue weighted by Gasteiger charge is 2.17. The van der Waals surface area contributed by atoms with Crippen LogP contribution in [0.2, 0.25) is 0 Å². The molecule has 1 aromatic rings. The second-order valence-electron chi connectivity index (χ2n) is 3.59. The van der Waals surface area contributed by atoms with Crippen LogP contribution in [0.3, 0.4) is 0 Å². The van der Waals surface area contributed by atoms with Crippen molar-refractivity contribution in [3.8, 4) is 0 Å². The zero-order valence-corrected chi connectivity index (χ0v) is 11.4. The molecule has 0 spiro atoms. The van der Waals surface area contributed by atoms with E-state index in [4.69, 9.17) is 23.2 Å². The summed E-state index contributed by atoms with van der Waals surface area (Å²) in [6, 6.07) is 3.68. The summed E-state index contributed by atoms with van der Waals surface area (Å²) in [5, 5.41) is 0. The van der Waals surface area contributed by atoms with Crippen molar-refractivity contribution >= 4 is 29.1 Å². The van der Waals surface area contributed by atoms with Gasteiger partial charge in [0, 0.05) is 30.9 Å². The van der Waals surface area contributed by atoms with Crippen LogP contribution in [-0.2, 0) is 6.54 Å². The minimum atomic E-state index is -0.0194. The molecule has 0 radical (unpaired) electrons. The minimum absolute atomic E-state index is 0.0194. The van der Waals surface area contributed by atoms with Gasteiger partial charge in [-0.25, -0.2) is 4.57 Å². The van der Waals surface area contributed by atoms with Crippen molar-refractivity contribution < 1.29 is 9.36 Å². The fraction of sp³-hybridized carbons (Fsp3) is 0.500. The summed E-state index contributed by atoms with van der Waals surface area (Å²) in [4.78, 5) is 13.9. The number of nitrogens with zero attached hydrogens (tertiary/aromatic N) is 2. The van der Waals surface area contributed by atoms with Gasteiger partial charge < -0.3 is 4.90 Å². The van der Waals surface area contributed by atoms with Crippen molar-refractivity contribution in [1.29, 1.82) is 0 Å². The second kappa shape index (κ2) is 7.51. The molecule has 0 bridgehead atoms. The number of amides is 1. The Morgan fingerprint density at radius 3 is 2.53 bits per heavy atom. The van der Waals surface area contributed by atoms with Gasteiger partial charge in [-0.2, -0.15) is 0 Å². The maximum absolute atomic E-state index is 12.2. The first kappa shape index (κ1) is 14.3. The number of alkyl halides is 2. The Bertz CT molecular complexity index is 365. The van der Waals surface area contributed by atoms with Crippen LogP contribution >= 0.6 is 23.2 Å². The molecule has 1 rings (SSSR count). The first-order valence-corrected chi connectivity index (χ1v) is 6.70. The van der Waals surface area contributed by atoms with E-state index in [1.54, 1.807) is 4.90 Å². The van der Waals surface area contributed by atoms with E-state index in [0.29, 0.717) is 30.4 Å². The molecule has 0 atom stereocenters. The van der Waals surface area contributed by atoms with Crippen molar-refractivity contribution in [1.82, 2.24) is 4.90 Å². The molecule has 0 saturated heterocycles. The first-order chi connectivity index (χ1) is 8.22. The van der Waals surface area contributed by atoms with Gasteiger partial charge in [0.15, 0.2) is 12.4 Å². The molecule has 1 aromatic heterocycles. The number of carbonyl (C=O) groups excluding carboxylic acids is 1. The minimum Gasteiger partial charge on any atom is -0.336 e. The highest BCUT2D eigenvalue weighted by atomic mass is 35.5. The lowest BCUT2D eigenvalue weighted by atomic mass is 10.2. The summed E-state index contributed by atoms with van der Waals surface area (Å²) in [5.74, 6) is 0.820. The lowest BCUT2D eigenvalue weighted by molar-refractivity contribution is -0.693. The molecule has 0 unspecified atom stereocenters. The molecule has 5 heteroatoms.